The fourth-order valence-corrected chi connectivity index (χ4v) is 2.00. The minimum atomic E-state index is -1.04. The van der Waals surface area contributed by atoms with Crippen molar-refractivity contribution in [2.45, 2.75) is 0 Å². The Morgan fingerprint density at radius 3 is 2.86 bits per heavy atom. The van der Waals surface area contributed by atoms with Crippen LogP contribution in [0.5, 0.6) is 0 Å². The Bertz CT molecular complexity index is 879. The summed E-state index contributed by atoms with van der Waals surface area (Å²) in [6.45, 7) is 2.96. The lowest BCUT2D eigenvalue weighted by Crippen LogP contribution is -2.11. The molecule has 1 aromatic carbocycles. The van der Waals surface area contributed by atoms with Gasteiger partial charge in [0.25, 0.3) is 5.91 Å². The van der Waals surface area contributed by atoms with E-state index < -0.39 is 11.7 Å². The van der Waals surface area contributed by atoms with Crippen molar-refractivity contribution in [2.75, 3.05) is 5.32 Å². The monoisotopic (exact) mass is 294 g/mol. The summed E-state index contributed by atoms with van der Waals surface area (Å²) in [7, 11) is 0. The van der Waals surface area contributed by atoms with E-state index in [2.05, 4.69) is 26.8 Å². The first kappa shape index (κ1) is 13.8. The van der Waals surface area contributed by atoms with Crippen LogP contribution in [0, 0.1) is 0 Å². The van der Waals surface area contributed by atoms with E-state index in [9.17, 15) is 9.18 Å². The van der Waals surface area contributed by atoms with Gasteiger partial charge in [-0.2, -0.15) is 0 Å². The second kappa shape index (κ2) is 5.69. The highest BCUT2D eigenvalue weighted by atomic mass is 19.1. The standard InChI is InChI=1S/C16H11FN4O/c1-10(17)16(22)21-13-4-5-19-15(7-13)11-2-3-12-8-18-9-20-14(12)6-11/h2-9H,1H2,(H,19,21,22). The quantitative estimate of drug-likeness (QED) is 0.754. The summed E-state index contributed by atoms with van der Waals surface area (Å²) >= 11 is 0. The summed E-state index contributed by atoms with van der Waals surface area (Å²) in [6, 6.07) is 8.88. The fourth-order valence-electron chi connectivity index (χ4n) is 2.00. The molecular weight excluding hydrogens is 283 g/mol. The molecule has 2 aromatic heterocycles. The first-order valence-corrected chi connectivity index (χ1v) is 6.45. The number of hydrogen-bond donors (Lipinski definition) is 1. The van der Waals surface area contributed by atoms with Gasteiger partial charge in [0.2, 0.25) is 0 Å². The molecule has 1 amide bonds. The van der Waals surface area contributed by atoms with Crippen LogP contribution in [0.25, 0.3) is 22.2 Å². The van der Waals surface area contributed by atoms with Crippen molar-refractivity contribution in [1.82, 2.24) is 15.0 Å². The van der Waals surface area contributed by atoms with Crippen molar-refractivity contribution >= 4 is 22.5 Å². The summed E-state index contributed by atoms with van der Waals surface area (Å²) < 4.78 is 12.7. The molecule has 3 aromatic rings. The molecule has 0 aliphatic heterocycles. The molecule has 3 rings (SSSR count). The average Bonchev–Trinajstić information content (AvgIpc) is 2.54. The lowest BCUT2D eigenvalue weighted by molar-refractivity contribution is -0.114. The average molecular weight is 294 g/mol. The molecule has 0 fully saturated rings. The maximum Gasteiger partial charge on any atom is 0.283 e. The van der Waals surface area contributed by atoms with Gasteiger partial charge >= 0.3 is 0 Å². The molecule has 0 saturated heterocycles. The molecule has 22 heavy (non-hydrogen) atoms. The number of aromatic nitrogens is 3. The maximum absolute atomic E-state index is 12.7. The van der Waals surface area contributed by atoms with Crippen molar-refractivity contribution < 1.29 is 9.18 Å². The number of benzene rings is 1. The first-order valence-electron chi connectivity index (χ1n) is 6.45. The first-order chi connectivity index (χ1) is 10.6. The van der Waals surface area contributed by atoms with E-state index in [1.54, 1.807) is 18.3 Å². The largest absolute Gasteiger partial charge is 0.320 e. The highest BCUT2D eigenvalue weighted by Crippen LogP contribution is 2.23. The Hall–Kier alpha value is -3.15. The Morgan fingerprint density at radius 2 is 2.05 bits per heavy atom. The molecule has 108 valence electrons. The van der Waals surface area contributed by atoms with E-state index in [1.165, 1.54) is 12.5 Å². The molecule has 0 saturated carbocycles. The van der Waals surface area contributed by atoms with Gasteiger partial charge in [-0.15, -0.1) is 0 Å². The number of anilines is 1. The van der Waals surface area contributed by atoms with Gasteiger partial charge in [-0.3, -0.25) is 9.78 Å². The van der Waals surface area contributed by atoms with Gasteiger partial charge < -0.3 is 5.32 Å². The smallest absolute Gasteiger partial charge is 0.283 e. The van der Waals surface area contributed by atoms with Crippen LogP contribution >= 0.6 is 0 Å². The van der Waals surface area contributed by atoms with Crippen LogP contribution in [0.1, 0.15) is 0 Å². The molecule has 5 nitrogen and oxygen atoms in total. The third-order valence-corrected chi connectivity index (χ3v) is 3.07. The zero-order chi connectivity index (χ0) is 15.5. The molecule has 1 N–H and O–H groups in total. The SMILES string of the molecule is C=C(F)C(=O)Nc1ccnc(-c2ccc3cncnc3c2)c1. The summed E-state index contributed by atoms with van der Waals surface area (Å²) in [6.07, 6.45) is 4.74. The minimum Gasteiger partial charge on any atom is -0.320 e. The maximum atomic E-state index is 12.7. The lowest BCUT2D eigenvalue weighted by atomic mass is 10.1. The van der Waals surface area contributed by atoms with Crippen molar-refractivity contribution in [1.29, 1.82) is 0 Å². The number of nitrogens with one attached hydrogen (secondary N) is 1. The predicted molar refractivity (Wildman–Crippen MR) is 81.6 cm³/mol. The fraction of sp³-hybridized carbons (Fsp3) is 0. The molecule has 6 heteroatoms. The topological polar surface area (TPSA) is 67.8 Å². The number of hydrogen-bond acceptors (Lipinski definition) is 4. The van der Waals surface area contributed by atoms with Crippen LogP contribution in [0.15, 0.2) is 61.5 Å². The number of carbonyl (C=O) groups is 1. The van der Waals surface area contributed by atoms with Crippen molar-refractivity contribution in [2.24, 2.45) is 0 Å². The van der Waals surface area contributed by atoms with Gasteiger partial charge in [-0.1, -0.05) is 18.7 Å². The summed E-state index contributed by atoms with van der Waals surface area (Å²) in [5, 5.41) is 3.33. The number of rotatable bonds is 3. The van der Waals surface area contributed by atoms with Crippen LogP contribution in [0.3, 0.4) is 0 Å². The van der Waals surface area contributed by atoms with E-state index in [4.69, 9.17) is 0 Å². The van der Waals surface area contributed by atoms with E-state index in [1.807, 2.05) is 18.2 Å². The number of nitrogens with zero attached hydrogens (tertiary/aromatic N) is 3. The van der Waals surface area contributed by atoms with E-state index in [-0.39, 0.29) is 0 Å². The van der Waals surface area contributed by atoms with Crippen molar-refractivity contribution in [3.8, 4) is 11.3 Å². The number of pyridine rings is 1. The third-order valence-electron chi connectivity index (χ3n) is 3.07. The van der Waals surface area contributed by atoms with Gasteiger partial charge in [0.05, 0.1) is 11.2 Å². The summed E-state index contributed by atoms with van der Waals surface area (Å²) in [5.74, 6) is -1.91. The molecular formula is C16H11FN4O. The van der Waals surface area contributed by atoms with Crippen LogP contribution in [0.2, 0.25) is 0 Å². The molecule has 0 atom stereocenters. The zero-order valence-electron chi connectivity index (χ0n) is 11.5. The summed E-state index contributed by atoms with van der Waals surface area (Å²) in [4.78, 5) is 23.7. The van der Waals surface area contributed by atoms with E-state index >= 15 is 0 Å². The molecule has 2 heterocycles. The van der Waals surface area contributed by atoms with Crippen molar-refractivity contribution in [3.05, 3.63) is 61.5 Å². The second-order valence-corrected chi connectivity index (χ2v) is 4.59. The van der Waals surface area contributed by atoms with Gasteiger partial charge in [0, 0.05) is 29.0 Å². The van der Waals surface area contributed by atoms with Gasteiger partial charge in [-0.05, 0) is 18.2 Å². The Labute approximate surface area is 125 Å². The van der Waals surface area contributed by atoms with Gasteiger partial charge in [0.1, 0.15) is 6.33 Å². The Balaban J connectivity index is 1.96. The molecule has 0 aliphatic carbocycles. The van der Waals surface area contributed by atoms with Gasteiger partial charge in [-0.25, -0.2) is 14.4 Å². The Morgan fingerprint density at radius 1 is 1.18 bits per heavy atom. The number of halogens is 1. The van der Waals surface area contributed by atoms with Gasteiger partial charge in [0.15, 0.2) is 5.83 Å². The van der Waals surface area contributed by atoms with Crippen molar-refractivity contribution in [3.63, 3.8) is 0 Å². The normalized spacial score (nSPS) is 10.4. The predicted octanol–water partition coefficient (Wildman–Crippen LogP) is 3.11. The molecule has 0 bridgehead atoms. The Kier molecular flexibility index (Phi) is 3.57. The lowest BCUT2D eigenvalue weighted by Gasteiger charge is -2.06. The summed E-state index contributed by atoms with van der Waals surface area (Å²) in [5.41, 5.74) is 2.71. The number of carbonyl (C=O) groups excluding carboxylic acids is 1. The van der Waals surface area contributed by atoms with Crippen LogP contribution < -0.4 is 5.32 Å². The van der Waals surface area contributed by atoms with E-state index in [0.717, 1.165) is 16.5 Å². The molecule has 0 unspecified atom stereocenters. The third kappa shape index (κ3) is 2.80. The minimum absolute atomic E-state index is 0.441. The number of amides is 1. The zero-order valence-corrected chi connectivity index (χ0v) is 11.5. The highest BCUT2D eigenvalue weighted by molar-refractivity contribution is 6.01. The highest BCUT2D eigenvalue weighted by Gasteiger charge is 2.08. The van der Waals surface area contributed by atoms with E-state index in [0.29, 0.717) is 11.4 Å². The number of fused-ring (bicyclic) bond motifs is 1. The molecule has 0 aliphatic rings. The van der Waals surface area contributed by atoms with Crippen LogP contribution in [-0.2, 0) is 4.79 Å². The molecule has 0 spiro atoms. The second-order valence-electron chi connectivity index (χ2n) is 4.59. The molecule has 0 radical (unpaired) electrons. The van der Waals surface area contributed by atoms with Crippen LogP contribution in [-0.4, -0.2) is 20.9 Å². The van der Waals surface area contributed by atoms with Crippen LogP contribution in [0.4, 0.5) is 10.1 Å².